The van der Waals surface area contributed by atoms with Crippen molar-refractivity contribution in [3.05, 3.63) is 46.3 Å². The zero-order valence-electron chi connectivity index (χ0n) is 14.8. The first-order chi connectivity index (χ1) is 13.1. The normalized spacial score (nSPS) is 14.3. The van der Waals surface area contributed by atoms with Gasteiger partial charge in [0.1, 0.15) is 12.2 Å². The van der Waals surface area contributed by atoms with Crippen LogP contribution >= 0.6 is 15.9 Å². The minimum absolute atomic E-state index is 0.0684. The van der Waals surface area contributed by atoms with E-state index in [1.807, 2.05) is 28.8 Å². The fourth-order valence-corrected chi connectivity index (χ4v) is 3.62. The number of imidazole rings is 1. The second-order valence-corrected chi connectivity index (χ2v) is 7.35. The van der Waals surface area contributed by atoms with E-state index in [-0.39, 0.29) is 12.3 Å². The molecule has 8 heteroatoms. The predicted octanol–water partition coefficient (Wildman–Crippen LogP) is 3.40. The Labute approximate surface area is 165 Å². The zero-order chi connectivity index (χ0) is 19.2. The molecule has 2 N–H and O–H groups in total. The minimum Gasteiger partial charge on any atom is -0.481 e. The lowest BCUT2D eigenvalue weighted by atomic mass is 9.94. The number of Topliss-reactive ketones (excluding diaryl/α,β-unsaturated/α-hetero) is 1. The van der Waals surface area contributed by atoms with Crippen molar-refractivity contribution in [1.29, 1.82) is 0 Å². The Bertz CT molecular complexity index is 862. The van der Waals surface area contributed by atoms with E-state index in [2.05, 4.69) is 31.2 Å². The lowest BCUT2D eigenvalue weighted by molar-refractivity contribution is -0.142. The van der Waals surface area contributed by atoms with E-state index < -0.39 is 11.9 Å². The summed E-state index contributed by atoms with van der Waals surface area (Å²) in [6.45, 7) is 0.732. The monoisotopic (exact) mass is 432 g/mol. The zero-order valence-corrected chi connectivity index (χ0v) is 16.4. The van der Waals surface area contributed by atoms with Crippen molar-refractivity contribution in [2.75, 3.05) is 11.9 Å². The third-order valence-corrected chi connectivity index (χ3v) is 5.38. The highest BCUT2D eigenvalue weighted by Gasteiger charge is 2.21. The van der Waals surface area contributed by atoms with Gasteiger partial charge in [-0.2, -0.15) is 0 Å². The average molecular weight is 433 g/mol. The molecule has 0 radical (unpaired) electrons. The predicted molar refractivity (Wildman–Crippen MR) is 106 cm³/mol. The van der Waals surface area contributed by atoms with Crippen molar-refractivity contribution in [3.63, 3.8) is 0 Å². The van der Waals surface area contributed by atoms with Crippen LogP contribution in [0.3, 0.4) is 0 Å². The number of aliphatic carboxylic acids is 1. The molecule has 0 amide bonds. The number of nitrogens with zero attached hydrogens (tertiary/aromatic N) is 3. The molecule has 0 bridgehead atoms. The van der Waals surface area contributed by atoms with Crippen LogP contribution in [0.4, 0.5) is 5.82 Å². The highest BCUT2D eigenvalue weighted by molar-refractivity contribution is 9.10. The van der Waals surface area contributed by atoms with Crippen LogP contribution < -0.4 is 5.32 Å². The first kappa shape index (κ1) is 19.3. The Morgan fingerprint density at radius 2 is 2.15 bits per heavy atom. The van der Waals surface area contributed by atoms with Crippen molar-refractivity contribution in [2.45, 2.75) is 32.2 Å². The first-order valence-electron chi connectivity index (χ1n) is 8.85. The molecule has 2 heterocycles. The summed E-state index contributed by atoms with van der Waals surface area (Å²) in [5, 5.41) is 12.4. The number of hydrogen-bond acceptors (Lipinski definition) is 5. The topological polar surface area (TPSA) is 96.6 Å². The van der Waals surface area contributed by atoms with Crippen molar-refractivity contribution in [2.24, 2.45) is 10.9 Å². The van der Waals surface area contributed by atoms with Gasteiger partial charge in [0, 0.05) is 11.0 Å². The van der Waals surface area contributed by atoms with Gasteiger partial charge in [-0.15, -0.1) is 0 Å². The molecule has 142 valence electrons. The maximum Gasteiger partial charge on any atom is 0.306 e. The number of anilines is 1. The molecule has 7 nitrogen and oxygen atoms in total. The van der Waals surface area contributed by atoms with Crippen LogP contribution in [0, 0.1) is 5.92 Å². The van der Waals surface area contributed by atoms with Gasteiger partial charge in [0.25, 0.3) is 0 Å². The Kier molecular flexibility index (Phi) is 6.39. The van der Waals surface area contributed by atoms with Crippen LogP contribution in [0.1, 0.15) is 35.3 Å². The standard InChI is InChI=1S/C19H21BrN4O3/c20-15-7-2-1-5-13(15)9-14(19(26)27)6-3-4-8-24-12-23-18-17(24)16(25)10-21-11-22-18/h1-2,5,7,11-12,14H,3-4,6,8-10H2,(H,21,22)(H,26,27). The summed E-state index contributed by atoms with van der Waals surface area (Å²) in [7, 11) is 0. The smallest absolute Gasteiger partial charge is 0.306 e. The van der Waals surface area contributed by atoms with Crippen molar-refractivity contribution >= 4 is 39.8 Å². The lowest BCUT2D eigenvalue weighted by Crippen LogP contribution is -2.17. The molecule has 0 saturated carbocycles. The van der Waals surface area contributed by atoms with Crippen LogP contribution in [-0.2, 0) is 17.8 Å². The van der Waals surface area contributed by atoms with Gasteiger partial charge in [-0.05, 0) is 30.9 Å². The molecule has 0 fully saturated rings. The molecular weight excluding hydrogens is 412 g/mol. The lowest BCUT2D eigenvalue weighted by Gasteiger charge is -2.14. The highest BCUT2D eigenvalue weighted by atomic mass is 79.9. The molecule has 1 aliphatic rings. The summed E-state index contributed by atoms with van der Waals surface area (Å²) in [4.78, 5) is 31.9. The van der Waals surface area contributed by atoms with Gasteiger partial charge >= 0.3 is 5.97 Å². The molecular formula is C19H21BrN4O3. The summed E-state index contributed by atoms with van der Waals surface area (Å²) in [6, 6.07) is 7.70. The summed E-state index contributed by atoms with van der Waals surface area (Å²) in [5.74, 6) is -0.751. The molecule has 0 aliphatic carbocycles. The Morgan fingerprint density at radius 3 is 2.93 bits per heavy atom. The fourth-order valence-electron chi connectivity index (χ4n) is 3.18. The van der Waals surface area contributed by atoms with Crippen LogP contribution in [0.15, 0.2) is 40.1 Å². The van der Waals surface area contributed by atoms with Gasteiger partial charge in [-0.1, -0.05) is 40.5 Å². The summed E-state index contributed by atoms with van der Waals surface area (Å²) >= 11 is 3.48. The first-order valence-corrected chi connectivity index (χ1v) is 9.65. The number of aryl methyl sites for hydroxylation is 1. The number of carbonyl (C=O) groups is 2. The minimum atomic E-state index is -0.779. The summed E-state index contributed by atoms with van der Waals surface area (Å²) < 4.78 is 2.76. The van der Waals surface area contributed by atoms with Gasteiger partial charge in [0.2, 0.25) is 5.78 Å². The molecule has 1 atom stereocenters. The number of aromatic nitrogens is 2. The second-order valence-electron chi connectivity index (χ2n) is 6.50. The van der Waals surface area contributed by atoms with E-state index >= 15 is 0 Å². The van der Waals surface area contributed by atoms with Gasteiger partial charge < -0.3 is 15.0 Å². The van der Waals surface area contributed by atoms with Crippen molar-refractivity contribution in [3.8, 4) is 0 Å². The molecule has 0 spiro atoms. The summed E-state index contributed by atoms with van der Waals surface area (Å²) in [6.07, 6.45) is 5.74. The quantitative estimate of drug-likeness (QED) is 0.623. The Morgan fingerprint density at radius 1 is 1.33 bits per heavy atom. The van der Waals surface area contributed by atoms with Crippen LogP contribution in [0.2, 0.25) is 0 Å². The van der Waals surface area contributed by atoms with E-state index in [1.165, 1.54) is 6.34 Å². The number of carbonyl (C=O) groups excluding carboxylic acids is 1. The summed E-state index contributed by atoms with van der Waals surface area (Å²) in [5.41, 5.74) is 1.54. The maximum atomic E-state index is 12.2. The highest BCUT2D eigenvalue weighted by Crippen LogP contribution is 2.23. The van der Waals surface area contributed by atoms with E-state index in [0.717, 1.165) is 22.9 Å². The van der Waals surface area contributed by atoms with Gasteiger partial charge in [0.05, 0.1) is 18.6 Å². The molecule has 27 heavy (non-hydrogen) atoms. The maximum absolute atomic E-state index is 12.2. The third-order valence-electron chi connectivity index (χ3n) is 4.60. The Balaban J connectivity index is 1.55. The number of fused-ring (bicyclic) bond motifs is 1. The molecule has 1 aromatic heterocycles. The van der Waals surface area contributed by atoms with E-state index in [9.17, 15) is 14.7 Å². The van der Waals surface area contributed by atoms with Crippen molar-refractivity contribution in [1.82, 2.24) is 9.55 Å². The van der Waals surface area contributed by atoms with E-state index in [1.54, 1.807) is 6.33 Å². The third kappa shape index (κ3) is 4.82. The second kappa shape index (κ2) is 8.94. The molecule has 2 aromatic rings. The van der Waals surface area contributed by atoms with Gasteiger partial charge in [-0.3, -0.25) is 14.6 Å². The number of aliphatic imine (C=N–C) groups is 1. The fraction of sp³-hybridized carbons (Fsp3) is 0.368. The number of hydrogen-bond donors (Lipinski definition) is 2. The number of nitrogens with one attached hydrogen (secondary N) is 1. The van der Waals surface area contributed by atoms with E-state index in [4.69, 9.17) is 0 Å². The number of carboxylic acids is 1. The number of ketones is 1. The molecule has 1 aromatic carbocycles. The van der Waals surface area contributed by atoms with Crippen LogP contribution in [0.5, 0.6) is 0 Å². The van der Waals surface area contributed by atoms with Crippen LogP contribution in [0.25, 0.3) is 0 Å². The number of carboxylic acid groups (broad SMARTS) is 1. The van der Waals surface area contributed by atoms with Crippen molar-refractivity contribution < 1.29 is 14.7 Å². The molecule has 3 rings (SSSR count). The van der Waals surface area contributed by atoms with Crippen LogP contribution in [-0.4, -0.2) is 39.3 Å². The molecule has 0 saturated heterocycles. The van der Waals surface area contributed by atoms with Gasteiger partial charge in [-0.25, -0.2) is 4.98 Å². The van der Waals surface area contributed by atoms with Gasteiger partial charge in [0.15, 0.2) is 5.82 Å². The number of rotatable bonds is 8. The SMILES string of the molecule is O=C1CN=CNc2ncn(CCCCC(Cc3ccccc3Br)C(=O)O)c21. The molecule has 1 unspecified atom stereocenters. The molecule has 1 aliphatic heterocycles. The number of unbranched alkanes of at least 4 members (excludes halogenated alkanes) is 1. The number of benzene rings is 1. The average Bonchev–Trinajstić information content (AvgIpc) is 2.96. The number of halogens is 1. The van der Waals surface area contributed by atoms with E-state index in [0.29, 0.717) is 30.9 Å². The Hall–Kier alpha value is -2.48. The largest absolute Gasteiger partial charge is 0.481 e.